The molecule has 2 rings (SSSR count). The van der Waals surface area contributed by atoms with Gasteiger partial charge in [0.2, 0.25) is 6.41 Å². The average molecular weight is 256 g/mol. The zero-order chi connectivity index (χ0) is 13.3. The largest absolute Gasteiger partial charge is 0.430 e. The van der Waals surface area contributed by atoms with E-state index in [1.165, 1.54) is 6.07 Å². The minimum atomic E-state index is -4.58. The van der Waals surface area contributed by atoms with Crippen molar-refractivity contribution in [1.29, 1.82) is 0 Å². The molecular weight excluding hydrogens is 250 g/mol. The van der Waals surface area contributed by atoms with Crippen LogP contribution >= 0.6 is 0 Å². The number of carbonyl (C=O) groups is 2. The standard InChI is InChI=1S/C10H6BF3NO3/c12-10(13,14)7-1-5(9(17)15-4-16)2-8-6(7)3-18-11-8/h1-2,4H,3H2,(H,15,16,17). The number of hydrogen-bond acceptors (Lipinski definition) is 3. The summed E-state index contributed by atoms with van der Waals surface area (Å²) in [6.07, 6.45) is -4.47. The summed E-state index contributed by atoms with van der Waals surface area (Å²) in [7, 11) is 1.16. The minimum Gasteiger partial charge on any atom is -0.430 e. The molecule has 0 saturated carbocycles. The summed E-state index contributed by atoms with van der Waals surface area (Å²) < 4.78 is 43.2. The van der Waals surface area contributed by atoms with Crippen molar-refractivity contribution in [2.45, 2.75) is 12.8 Å². The maximum atomic E-state index is 12.8. The third-order valence-corrected chi connectivity index (χ3v) is 2.48. The maximum absolute atomic E-state index is 12.8. The van der Waals surface area contributed by atoms with Gasteiger partial charge in [0, 0.05) is 5.56 Å². The summed E-state index contributed by atoms with van der Waals surface area (Å²) >= 11 is 0. The van der Waals surface area contributed by atoms with Crippen LogP contribution in [0.4, 0.5) is 13.2 Å². The summed E-state index contributed by atoms with van der Waals surface area (Å²) in [5, 5.41) is 1.79. The highest BCUT2D eigenvalue weighted by Gasteiger charge is 2.36. The molecule has 0 atom stereocenters. The van der Waals surface area contributed by atoms with E-state index in [1.807, 2.05) is 0 Å². The molecule has 0 unspecified atom stereocenters. The molecular formula is C10H6BF3NO3. The van der Waals surface area contributed by atoms with Gasteiger partial charge in [-0.05, 0) is 17.1 Å². The maximum Gasteiger partial charge on any atom is 0.416 e. The van der Waals surface area contributed by atoms with Gasteiger partial charge < -0.3 is 4.65 Å². The number of benzene rings is 1. The Morgan fingerprint density at radius 3 is 2.78 bits per heavy atom. The van der Waals surface area contributed by atoms with Crippen LogP contribution in [0.3, 0.4) is 0 Å². The zero-order valence-corrected chi connectivity index (χ0v) is 8.88. The van der Waals surface area contributed by atoms with Crippen LogP contribution < -0.4 is 10.8 Å². The van der Waals surface area contributed by atoms with Crippen LogP contribution in [0.5, 0.6) is 0 Å². The topological polar surface area (TPSA) is 55.4 Å². The molecule has 0 aliphatic carbocycles. The number of imide groups is 1. The van der Waals surface area contributed by atoms with Gasteiger partial charge in [-0.1, -0.05) is 6.07 Å². The van der Waals surface area contributed by atoms with E-state index in [1.54, 1.807) is 5.32 Å². The smallest absolute Gasteiger partial charge is 0.416 e. The van der Waals surface area contributed by atoms with E-state index in [2.05, 4.69) is 0 Å². The van der Waals surface area contributed by atoms with Crippen molar-refractivity contribution in [2.75, 3.05) is 0 Å². The van der Waals surface area contributed by atoms with Crippen molar-refractivity contribution < 1.29 is 27.4 Å². The molecule has 0 spiro atoms. The minimum absolute atomic E-state index is 0.00912. The van der Waals surface area contributed by atoms with Gasteiger partial charge in [-0.15, -0.1) is 0 Å². The molecule has 8 heteroatoms. The molecule has 2 amide bonds. The van der Waals surface area contributed by atoms with Crippen LogP contribution in [0.1, 0.15) is 21.5 Å². The Hall–Kier alpha value is -1.83. The van der Waals surface area contributed by atoms with Gasteiger partial charge in [0.15, 0.2) is 0 Å². The quantitative estimate of drug-likeness (QED) is 0.614. The molecule has 93 valence electrons. The Kier molecular flexibility index (Phi) is 3.12. The molecule has 1 radical (unpaired) electrons. The number of hydrogen-bond donors (Lipinski definition) is 1. The summed E-state index contributed by atoms with van der Waals surface area (Å²) in [4.78, 5) is 21.5. The van der Waals surface area contributed by atoms with E-state index < -0.39 is 17.6 Å². The fourth-order valence-corrected chi connectivity index (χ4v) is 1.70. The number of rotatable bonds is 2. The van der Waals surface area contributed by atoms with Crippen molar-refractivity contribution in [1.82, 2.24) is 5.32 Å². The first kappa shape index (κ1) is 12.6. The fraction of sp³-hybridized carbons (Fsp3) is 0.200. The Labute approximate surface area is 100 Å². The van der Waals surface area contributed by atoms with Crippen LogP contribution in [0.25, 0.3) is 0 Å². The molecule has 0 saturated heterocycles. The molecule has 1 aromatic rings. The third-order valence-electron chi connectivity index (χ3n) is 2.48. The summed E-state index contributed by atoms with van der Waals surface area (Å²) in [6.45, 7) is -0.181. The van der Waals surface area contributed by atoms with Crippen LogP contribution in [0, 0.1) is 0 Å². The van der Waals surface area contributed by atoms with Crippen LogP contribution in [-0.4, -0.2) is 19.8 Å². The normalized spacial score (nSPS) is 13.7. The van der Waals surface area contributed by atoms with Gasteiger partial charge in [-0.3, -0.25) is 14.9 Å². The van der Waals surface area contributed by atoms with E-state index in [0.717, 1.165) is 7.48 Å². The first-order valence-electron chi connectivity index (χ1n) is 4.87. The number of fused-ring (bicyclic) bond motifs is 1. The van der Waals surface area contributed by atoms with E-state index in [0.29, 0.717) is 6.07 Å². The SMILES string of the molecule is O=CNC(=O)c1cc2c(c(C(F)(F)F)c1)CO[B]2. The molecule has 1 N–H and O–H groups in total. The van der Waals surface area contributed by atoms with Gasteiger partial charge >= 0.3 is 13.7 Å². The Bertz CT molecular complexity index is 516. The van der Waals surface area contributed by atoms with Gasteiger partial charge in [-0.2, -0.15) is 13.2 Å². The van der Waals surface area contributed by atoms with Crippen molar-refractivity contribution in [3.8, 4) is 0 Å². The van der Waals surface area contributed by atoms with Crippen molar-refractivity contribution >= 4 is 25.3 Å². The number of halogens is 3. The Morgan fingerprint density at radius 1 is 1.44 bits per heavy atom. The van der Waals surface area contributed by atoms with E-state index in [9.17, 15) is 22.8 Å². The number of nitrogens with one attached hydrogen (secondary N) is 1. The molecule has 1 aliphatic heterocycles. The predicted octanol–water partition coefficient (Wildman–Crippen LogP) is 0.366. The van der Waals surface area contributed by atoms with Gasteiger partial charge in [0.05, 0.1) is 12.2 Å². The van der Waals surface area contributed by atoms with Gasteiger partial charge in [0.25, 0.3) is 5.91 Å². The Balaban J connectivity index is 2.52. The first-order valence-corrected chi connectivity index (χ1v) is 4.87. The lowest BCUT2D eigenvalue weighted by Crippen LogP contribution is -2.26. The number of carbonyl (C=O) groups excluding carboxylic acids is 2. The second-order valence-electron chi connectivity index (χ2n) is 3.61. The molecule has 1 aromatic carbocycles. The van der Waals surface area contributed by atoms with Gasteiger partial charge in [0.1, 0.15) is 0 Å². The summed E-state index contributed by atoms with van der Waals surface area (Å²) in [6, 6.07) is 1.95. The Morgan fingerprint density at radius 2 is 2.17 bits per heavy atom. The van der Waals surface area contributed by atoms with Crippen molar-refractivity contribution in [3.63, 3.8) is 0 Å². The molecule has 0 fully saturated rings. The van der Waals surface area contributed by atoms with Crippen LogP contribution in [0.2, 0.25) is 0 Å². The molecule has 1 heterocycles. The molecule has 0 aromatic heterocycles. The zero-order valence-electron chi connectivity index (χ0n) is 8.88. The second kappa shape index (κ2) is 4.45. The summed E-state index contributed by atoms with van der Waals surface area (Å²) in [5.41, 5.74) is -0.981. The van der Waals surface area contributed by atoms with Gasteiger partial charge in [-0.25, -0.2) is 0 Å². The van der Waals surface area contributed by atoms with E-state index in [-0.39, 0.29) is 29.6 Å². The lowest BCUT2D eigenvalue weighted by Gasteiger charge is -2.13. The second-order valence-corrected chi connectivity index (χ2v) is 3.61. The summed E-state index contributed by atoms with van der Waals surface area (Å²) in [5.74, 6) is -0.890. The van der Waals surface area contributed by atoms with E-state index in [4.69, 9.17) is 4.65 Å². The van der Waals surface area contributed by atoms with Crippen LogP contribution in [0.15, 0.2) is 12.1 Å². The van der Waals surface area contributed by atoms with Crippen molar-refractivity contribution in [3.05, 3.63) is 28.8 Å². The first-order chi connectivity index (χ1) is 8.43. The monoisotopic (exact) mass is 256 g/mol. The predicted molar refractivity (Wildman–Crippen MR) is 55.2 cm³/mol. The molecule has 0 bridgehead atoms. The van der Waals surface area contributed by atoms with Crippen molar-refractivity contribution in [2.24, 2.45) is 0 Å². The highest BCUT2D eigenvalue weighted by atomic mass is 19.4. The molecule has 18 heavy (non-hydrogen) atoms. The average Bonchev–Trinajstić information content (AvgIpc) is 2.74. The number of amides is 2. The lowest BCUT2D eigenvalue weighted by atomic mass is 9.83. The highest BCUT2D eigenvalue weighted by molar-refractivity contribution is 6.49. The molecule has 1 aliphatic rings. The third kappa shape index (κ3) is 2.24. The van der Waals surface area contributed by atoms with E-state index >= 15 is 0 Å². The highest BCUT2D eigenvalue weighted by Crippen LogP contribution is 2.33. The lowest BCUT2D eigenvalue weighted by molar-refractivity contribution is -0.138. The molecule has 4 nitrogen and oxygen atoms in total. The fourth-order valence-electron chi connectivity index (χ4n) is 1.70. The van der Waals surface area contributed by atoms with Crippen LogP contribution in [-0.2, 0) is 22.2 Å². The number of alkyl halides is 3.